The lowest BCUT2D eigenvalue weighted by Gasteiger charge is -2.32. The number of likely N-dealkylation sites (tertiary alicyclic amines) is 1. The number of rotatable bonds is 5. The van der Waals surface area contributed by atoms with E-state index in [2.05, 4.69) is 12.2 Å². The van der Waals surface area contributed by atoms with E-state index in [4.69, 9.17) is 0 Å². The van der Waals surface area contributed by atoms with Crippen LogP contribution in [-0.4, -0.2) is 42.8 Å². The fourth-order valence-electron chi connectivity index (χ4n) is 2.84. The van der Waals surface area contributed by atoms with Crippen molar-refractivity contribution >= 4 is 24.1 Å². The zero-order chi connectivity index (χ0) is 15.2. The highest BCUT2D eigenvalue weighted by atomic mass is 35.5. The molecule has 0 aliphatic carbocycles. The number of hydrogen-bond donors (Lipinski definition) is 1. The first-order chi connectivity index (χ1) is 10.1. The Kier molecular flexibility index (Phi) is 7.56. The third-order valence-corrected chi connectivity index (χ3v) is 4.12. The predicted octanol–water partition coefficient (Wildman–Crippen LogP) is 2.77. The Morgan fingerprint density at radius 2 is 1.77 bits per heavy atom. The summed E-state index contributed by atoms with van der Waals surface area (Å²) in [6.45, 7) is 7.20. The number of carbonyl (C=O) groups is 2. The molecule has 4 nitrogen and oxygen atoms in total. The van der Waals surface area contributed by atoms with Crippen molar-refractivity contribution in [3.05, 3.63) is 35.4 Å². The Labute approximate surface area is 138 Å². The van der Waals surface area contributed by atoms with Crippen LogP contribution in [0.15, 0.2) is 24.3 Å². The van der Waals surface area contributed by atoms with Crippen molar-refractivity contribution in [3.63, 3.8) is 0 Å². The number of hydrogen-bond acceptors (Lipinski definition) is 3. The molecule has 1 saturated heterocycles. The molecule has 1 N–H and O–H groups in total. The number of benzene rings is 1. The summed E-state index contributed by atoms with van der Waals surface area (Å²) in [4.78, 5) is 26.1. The van der Waals surface area contributed by atoms with Gasteiger partial charge in [0.2, 0.25) is 0 Å². The molecule has 22 heavy (non-hydrogen) atoms. The average molecular weight is 325 g/mol. The molecule has 1 heterocycles. The minimum Gasteiger partial charge on any atom is -0.339 e. The van der Waals surface area contributed by atoms with Crippen LogP contribution in [0.25, 0.3) is 0 Å². The molecule has 1 aromatic rings. The van der Waals surface area contributed by atoms with Gasteiger partial charge in [-0.05, 0) is 44.8 Å². The van der Waals surface area contributed by atoms with Gasteiger partial charge in [-0.3, -0.25) is 9.59 Å². The largest absolute Gasteiger partial charge is 0.339 e. The first-order valence-electron chi connectivity index (χ1n) is 7.73. The Balaban J connectivity index is 0.00000242. The molecule has 1 aliphatic heterocycles. The smallest absolute Gasteiger partial charge is 0.254 e. The molecule has 0 spiro atoms. The van der Waals surface area contributed by atoms with Crippen molar-refractivity contribution in [2.24, 2.45) is 5.92 Å². The molecule has 0 atom stereocenters. The number of Topliss-reactive ketones (excluding diaryl/α,β-unsaturated/α-hetero) is 1. The van der Waals surface area contributed by atoms with Crippen molar-refractivity contribution in [3.8, 4) is 0 Å². The quantitative estimate of drug-likeness (QED) is 0.847. The maximum atomic E-state index is 12.6. The maximum Gasteiger partial charge on any atom is 0.254 e. The Morgan fingerprint density at radius 1 is 1.18 bits per heavy atom. The van der Waals surface area contributed by atoms with Gasteiger partial charge in [0.1, 0.15) is 0 Å². The van der Waals surface area contributed by atoms with Crippen LogP contribution in [0.1, 0.15) is 47.4 Å². The number of piperidine rings is 1. The molecular formula is C17H25ClN2O2. The van der Waals surface area contributed by atoms with E-state index in [1.807, 2.05) is 11.0 Å². The fourth-order valence-corrected chi connectivity index (χ4v) is 2.84. The molecule has 0 bridgehead atoms. The summed E-state index contributed by atoms with van der Waals surface area (Å²) in [5, 5.41) is 3.37. The molecule has 0 aromatic heterocycles. The van der Waals surface area contributed by atoms with Gasteiger partial charge in [-0.2, -0.15) is 0 Å². The molecular weight excluding hydrogens is 300 g/mol. The molecule has 0 radical (unpaired) electrons. The summed E-state index contributed by atoms with van der Waals surface area (Å²) in [6.07, 6.45) is 2.06. The van der Waals surface area contributed by atoms with E-state index in [1.165, 1.54) is 6.92 Å². The van der Waals surface area contributed by atoms with Crippen LogP contribution in [0.3, 0.4) is 0 Å². The van der Waals surface area contributed by atoms with Crippen LogP contribution in [0.4, 0.5) is 0 Å². The molecule has 0 saturated carbocycles. The molecule has 0 unspecified atom stereocenters. The van der Waals surface area contributed by atoms with E-state index in [9.17, 15) is 9.59 Å². The zero-order valence-corrected chi connectivity index (χ0v) is 14.1. The summed E-state index contributed by atoms with van der Waals surface area (Å²) in [6, 6.07) is 7.10. The number of ketones is 1. The Hall–Kier alpha value is -1.39. The second kappa shape index (κ2) is 8.91. The second-order valence-corrected chi connectivity index (χ2v) is 5.65. The first-order valence-corrected chi connectivity index (χ1v) is 7.73. The van der Waals surface area contributed by atoms with Crippen molar-refractivity contribution in [2.45, 2.75) is 26.7 Å². The van der Waals surface area contributed by atoms with Gasteiger partial charge >= 0.3 is 0 Å². The molecule has 1 fully saturated rings. The molecule has 5 heteroatoms. The third kappa shape index (κ3) is 4.55. The van der Waals surface area contributed by atoms with Gasteiger partial charge in [0.05, 0.1) is 5.56 Å². The minimum absolute atomic E-state index is 0. The van der Waals surface area contributed by atoms with Crippen molar-refractivity contribution in [1.82, 2.24) is 10.2 Å². The third-order valence-electron chi connectivity index (χ3n) is 4.12. The van der Waals surface area contributed by atoms with Crippen molar-refractivity contribution in [1.29, 1.82) is 0 Å². The van der Waals surface area contributed by atoms with E-state index in [1.54, 1.807) is 18.2 Å². The molecule has 1 amide bonds. The van der Waals surface area contributed by atoms with Crippen molar-refractivity contribution in [2.75, 3.05) is 26.2 Å². The monoisotopic (exact) mass is 324 g/mol. The number of halogens is 1. The van der Waals surface area contributed by atoms with Gasteiger partial charge in [0.15, 0.2) is 5.78 Å². The lowest BCUT2D eigenvalue weighted by Crippen LogP contribution is -2.41. The molecule has 2 rings (SSSR count). The lowest BCUT2D eigenvalue weighted by molar-refractivity contribution is 0.0686. The summed E-state index contributed by atoms with van der Waals surface area (Å²) < 4.78 is 0. The highest BCUT2D eigenvalue weighted by Gasteiger charge is 2.25. The summed E-state index contributed by atoms with van der Waals surface area (Å²) in [5.41, 5.74) is 1.06. The zero-order valence-electron chi connectivity index (χ0n) is 13.3. The van der Waals surface area contributed by atoms with E-state index in [-0.39, 0.29) is 24.1 Å². The SMILES string of the molecule is CCNCC1CCN(C(=O)c2ccccc2C(C)=O)CC1.Cl. The summed E-state index contributed by atoms with van der Waals surface area (Å²) >= 11 is 0. The van der Waals surface area contributed by atoms with Gasteiger partial charge in [-0.15, -0.1) is 12.4 Å². The second-order valence-electron chi connectivity index (χ2n) is 5.65. The lowest BCUT2D eigenvalue weighted by atomic mass is 9.95. The van der Waals surface area contributed by atoms with Crippen LogP contribution in [0, 0.1) is 5.92 Å². The molecule has 1 aliphatic rings. The number of nitrogens with one attached hydrogen (secondary N) is 1. The number of amides is 1. The standard InChI is InChI=1S/C17H24N2O2.ClH/c1-3-18-12-14-8-10-19(11-9-14)17(21)16-7-5-4-6-15(16)13(2)20;/h4-7,14,18H,3,8-12H2,1-2H3;1H. The van der Waals surface area contributed by atoms with Crippen LogP contribution in [-0.2, 0) is 0 Å². The normalized spacial score (nSPS) is 15.3. The number of nitrogens with zero attached hydrogens (tertiary/aromatic N) is 1. The molecule has 1 aromatic carbocycles. The number of carbonyl (C=O) groups excluding carboxylic acids is 2. The molecule has 122 valence electrons. The summed E-state index contributed by atoms with van der Waals surface area (Å²) in [5.74, 6) is 0.584. The van der Waals surface area contributed by atoms with E-state index in [0.29, 0.717) is 17.0 Å². The topological polar surface area (TPSA) is 49.4 Å². The van der Waals surface area contributed by atoms with E-state index < -0.39 is 0 Å². The van der Waals surface area contributed by atoms with E-state index in [0.717, 1.165) is 39.0 Å². The maximum absolute atomic E-state index is 12.6. The van der Waals surface area contributed by atoms with Gasteiger partial charge in [0.25, 0.3) is 5.91 Å². The summed E-state index contributed by atoms with van der Waals surface area (Å²) in [7, 11) is 0. The Morgan fingerprint density at radius 3 is 2.32 bits per heavy atom. The van der Waals surface area contributed by atoms with Gasteiger partial charge in [0, 0.05) is 18.7 Å². The van der Waals surface area contributed by atoms with Crippen molar-refractivity contribution < 1.29 is 9.59 Å². The van der Waals surface area contributed by atoms with Gasteiger partial charge in [-0.25, -0.2) is 0 Å². The van der Waals surface area contributed by atoms with Gasteiger partial charge < -0.3 is 10.2 Å². The minimum atomic E-state index is -0.0546. The highest BCUT2D eigenvalue weighted by molar-refractivity contribution is 6.07. The average Bonchev–Trinajstić information content (AvgIpc) is 2.52. The predicted molar refractivity (Wildman–Crippen MR) is 90.9 cm³/mol. The van der Waals surface area contributed by atoms with Crippen LogP contribution >= 0.6 is 12.4 Å². The first kappa shape index (κ1) is 18.7. The van der Waals surface area contributed by atoms with E-state index >= 15 is 0 Å². The fraction of sp³-hybridized carbons (Fsp3) is 0.529. The Bertz CT molecular complexity index is 511. The van der Waals surface area contributed by atoms with Crippen LogP contribution in [0.5, 0.6) is 0 Å². The highest BCUT2D eigenvalue weighted by Crippen LogP contribution is 2.20. The van der Waals surface area contributed by atoms with Gasteiger partial charge in [-0.1, -0.05) is 25.1 Å². The van der Waals surface area contributed by atoms with Crippen LogP contribution in [0.2, 0.25) is 0 Å². The van der Waals surface area contributed by atoms with Crippen LogP contribution < -0.4 is 5.32 Å².